The molecule has 2 aliphatic rings. The highest BCUT2D eigenvalue weighted by Gasteiger charge is 2.27. The van der Waals surface area contributed by atoms with Gasteiger partial charge >= 0.3 is 0 Å². The summed E-state index contributed by atoms with van der Waals surface area (Å²) in [4.78, 5) is 21.7. The van der Waals surface area contributed by atoms with E-state index in [0.29, 0.717) is 11.9 Å². The molecular weight excluding hydrogens is 298 g/mol. The van der Waals surface area contributed by atoms with Crippen LogP contribution in [0.1, 0.15) is 44.2 Å². The quantitative estimate of drug-likeness (QED) is 0.797. The van der Waals surface area contributed by atoms with E-state index in [1.807, 2.05) is 18.3 Å². The zero-order valence-electron chi connectivity index (χ0n) is 14.7. The standard InChI is InChI=1S/C20H29N3O/c1-22(16-18-10-5-6-13-21-18)19-11-7-14-23(15-12-19)20(24)17-8-3-2-4-9-17/h2-3,5-6,10,13,17,19H,4,7-9,11-12,14-16H2,1H3/t17-,19-/m0/s1. The lowest BCUT2D eigenvalue weighted by atomic mass is 9.93. The molecule has 1 aliphatic heterocycles. The average Bonchev–Trinajstić information content (AvgIpc) is 2.89. The third kappa shape index (κ3) is 4.44. The average molecular weight is 327 g/mol. The number of hydrogen-bond acceptors (Lipinski definition) is 3. The van der Waals surface area contributed by atoms with Crippen molar-refractivity contribution in [1.82, 2.24) is 14.8 Å². The summed E-state index contributed by atoms with van der Waals surface area (Å²) in [6.45, 7) is 2.70. The Kier molecular flexibility index (Phi) is 6.02. The van der Waals surface area contributed by atoms with Gasteiger partial charge in [-0.1, -0.05) is 18.2 Å². The van der Waals surface area contributed by atoms with E-state index in [1.54, 1.807) is 0 Å². The number of rotatable bonds is 4. The van der Waals surface area contributed by atoms with Gasteiger partial charge in [-0.25, -0.2) is 0 Å². The fourth-order valence-electron chi connectivity index (χ4n) is 3.89. The smallest absolute Gasteiger partial charge is 0.226 e. The molecule has 3 rings (SSSR count). The summed E-state index contributed by atoms with van der Waals surface area (Å²) < 4.78 is 0. The molecule has 1 aliphatic carbocycles. The molecule has 0 saturated carbocycles. The monoisotopic (exact) mass is 327 g/mol. The minimum Gasteiger partial charge on any atom is -0.342 e. The van der Waals surface area contributed by atoms with E-state index >= 15 is 0 Å². The van der Waals surface area contributed by atoms with Crippen LogP contribution in [0.15, 0.2) is 36.5 Å². The largest absolute Gasteiger partial charge is 0.342 e. The zero-order valence-corrected chi connectivity index (χ0v) is 14.7. The Morgan fingerprint density at radius 3 is 2.92 bits per heavy atom. The number of aromatic nitrogens is 1. The number of carbonyl (C=O) groups is 1. The van der Waals surface area contributed by atoms with Crippen LogP contribution in [0.25, 0.3) is 0 Å². The number of pyridine rings is 1. The fraction of sp³-hybridized carbons (Fsp3) is 0.600. The third-order valence-corrected chi connectivity index (χ3v) is 5.39. The van der Waals surface area contributed by atoms with Gasteiger partial charge in [0.15, 0.2) is 0 Å². The number of hydrogen-bond donors (Lipinski definition) is 0. The summed E-state index contributed by atoms with van der Waals surface area (Å²) in [5.41, 5.74) is 1.12. The van der Waals surface area contributed by atoms with Crippen LogP contribution in [-0.2, 0) is 11.3 Å². The zero-order chi connectivity index (χ0) is 16.8. The maximum Gasteiger partial charge on any atom is 0.226 e. The molecule has 0 aromatic carbocycles. The third-order valence-electron chi connectivity index (χ3n) is 5.39. The molecule has 0 unspecified atom stereocenters. The van der Waals surface area contributed by atoms with Crippen molar-refractivity contribution in [1.29, 1.82) is 0 Å². The highest BCUT2D eigenvalue weighted by Crippen LogP contribution is 2.23. The van der Waals surface area contributed by atoms with Crippen molar-refractivity contribution in [2.45, 2.75) is 51.1 Å². The lowest BCUT2D eigenvalue weighted by Gasteiger charge is -2.28. The summed E-state index contributed by atoms with van der Waals surface area (Å²) in [6.07, 6.45) is 12.6. The second-order valence-corrected chi connectivity index (χ2v) is 7.13. The first kappa shape index (κ1) is 17.2. The highest BCUT2D eigenvalue weighted by molar-refractivity contribution is 5.79. The van der Waals surface area contributed by atoms with E-state index in [2.05, 4.69) is 40.0 Å². The summed E-state index contributed by atoms with van der Waals surface area (Å²) in [7, 11) is 2.18. The normalized spacial score (nSPS) is 24.8. The summed E-state index contributed by atoms with van der Waals surface area (Å²) in [5.74, 6) is 0.602. The van der Waals surface area contributed by atoms with E-state index in [9.17, 15) is 4.79 Å². The molecule has 130 valence electrons. The Morgan fingerprint density at radius 2 is 2.17 bits per heavy atom. The first-order valence-corrected chi connectivity index (χ1v) is 9.28. The first-order chi connectivity index (χ1) is 11.7. The molecule has 0 spiro atoms. The molecule has 4 nitrogen and oxygen atoms in total. The molecule has 0 radical (unpaired) electrons. The lowest BCUT2D eigenvalue weighted by molar-refractivity contribution is -0.135. The number of nitrogens with zero attached hydrogens (tertiary/aromatic N) is 3. The number of carbonyl (C=O) groups excluding carboxylic acids is 1. The van der Waals surface area contributed by atoms with Gasteiger partial charge in [0.2, 0.25) is 5.91 Å². The molecular formula is C20H29N3O. The predicted molar refractivity (Wildman–Crippen MR) is 96.4 cm³/mol. The molecule has 0 bridgehead atoms. The second kappa shape index (κ2) is 8.43. The van der Waals surface area contributed by atoms with Gasteiger partial charge in [-0.3, -0.25) is 14.7 Å². The van der Waals surface area contributed by atoms with Crippen LogP contribution in [-0.4, -0.2) is 46.9 Å². The van der Waals surface area contributed by atoms with Crippen LogP contribution in [0.4, 0.5) is 0 Å². The Hall–Kier alpha value is -1.68. The maximum atomic E-state index is 12.7. The first-order valence-electron chi connectivity index (χ1n) is 9.28. The molecule has 0 N–H and O–H groups in total. The molecule has 1 amide bonds. The predicted octanol–water partition coefficient (Wildman–Crippen LogP) is 3.25. The topological polar surface area (TPSA) is 36.4 Å². The van der Waals surface area contributed by atoms with Crippen molar-refractivity contribution in [2.24, 2.45) is 5.92 Å². The minimum atomic E-state index is 0.220. The van der Waals surface area contributed by atoms with Gasteiger partial charge in [0.1, 0.15) is 0 Å². The minimum absolute atomic E-state index is 0.220. The molecule has 1 aromatic rings. The van der Waals surface area contributed by atoms with Crippen LogP contribution < -0.4 is 0 Å². The van der Waals surface area contributed by atoms with Crippen molar-refractivity contribution in [2.75, 3.05) is 20.1 Å². The number of amides is 1. The van der Waals surface area contributed by atoms with E-state index in [-0.39, 0.29) is 5.92 Å². The molecule has 1 aromatic heterocycles. The van der Waals surface area contributed by atoms with Crippen molar-refractivity contribution in [3.8, 4) is 0 Å². The Labute approximate surface area is 145 Å². The van der Waals surface area contributed by atoms with Crippen LogP contribution in [0, 0.1) is 5.92 Å². The summed E-state index contributed by atoms with van der Waals surface area (Å²) in [6, 6.07) is 6.62. The van der Waals surface area contributed by atoms with E-state index < -0.39 is 0 Å². The Balaban J connectivity index is 1.52. The van der Waals surface area contributed by atoms with Crippen LogP contribution in [0.5, 0.6) is 0 Å². The van der Waals surface area contributed by atoms with E-state index in [0.717, 1.165) is 63.9 Å². The molecule has 2 atom stereocenters. The van der Waals surface area contributed by atoms with Gasteiger partial charge in [-0.15, -0.1) is 0 Å². The Bertz CT molecular complexity index is 557. The maximum absolute atomic E-state index is 12.7. The number of likely N-dealkylation sites (tertiary alicyclic amines) is 1. The van der Waals surface area contributed by atoms with Gasteiger partial charge in [-0.05, 0) is 57.7 Å². The summed E-state index contributed by atoms with van der Waals surface area (Å²) >= 11 is 0. The van der Waals surface area contributed by atoms with Gasteiger partial charge in [0.25, 0.3) is 0 Å². The van der Waals surface area contributed by atoms with Gasteiger partial charge in [-0.2, -0.15) is 0 Å². The molecule has 2 heterocycles. The van der Waals surface area contributed by atoms with Crippen LogP contribution in [0.2, 0.25) is 0 Å². The lowest BCUT2D eigenvalue weighted by Crippen LogP contribution is -2.38. The fourth-order valence-corrected chi connectivity index (χ4v) is 3.89. The van der Waals surface area contributed by atoms with Crippen LogP contribution >= 0.6 is 0 Å². The molecule has 1 fully saturated rings. The van der Waals surface area contributed by atoms with Crippen molar-refractivity contribution in [3.05, 3.63) is 42.2 Å². The van der Waals surface area contributed by atoms with Gasteiger partial charge in [0.05, 0.1) is 5.69 Å². The second-order valence-electron chi connectivity index (χ2n) is 7.13. The molecule has 1 saturated heterocycles. The van der Waals surface area contributed by atoms with Crippen molar-refractivity contribution in [3.63, 3.8) is 0 Å². The van der Waals surface area contributed by atoms with Crippen LogP contribution in [0.3, 0.4) is 0 Å². The summed E-state index contributed by atoms with van der Waals surface area (Å²) in [5, 5.41) is 0. The van der Waals surface area contributed by atoms with Gasteiger partial charge < -0.3 is 4.90 Å². The highest BCUT2D eigenvalue weighted by atomic mass is 16.2. The van der Waals surface area contributed by atoms with E-state index in [1.165, 1.54) is 0 Å². The number of allylic oxidation sites excluding steroid dienone is 2. The molecule has 24 heavy (non-hydrogen) atoms. The Morgan fingerprint density at radius 1 is 1.25 bits per heavy atom. The van der Waals surface area contributed by atoms with E-state index in [4.69, 9.17) is 0 Å². The van der Waals surface area contributed by atoms with Crippen molar-refractivity contribution >= 4 is 5.91 Å². The van der Waals surface area contributed by atoms with Crippen molar-refractivity contribution < 1.29 is 4.79 Å². The molecule has 4 heteroatoms. The SMILES string of the molecule is CN(Cc1ccccn1)[C@H]1CCCN(C(=O)[C@H]2CC=CCC2)CC1. The van der Waals surface area contributed by atoms with Gasteiger partial charge in [0, 0.05) is 37.8 Å².